The number of fused-ring (bicyclic) bond motifs is 1. The molecule has 0 atom stereocenters. The molecule has 1 aromatic heterocycles. The minimum atomic E-state index is 0.216. The number of hydrogen-bond donors (Lipinski definition) is 1. The van der Waals surface area contributed by atoms with E-state index in [1.54, 1.807) is 6.07 Å². The first-order chi connectivity index (χ1) is 9.74. The van der Waals surface area contributed by atoms with Crippen molar-refractivity contribution in [2.75, 3.05) is 0 Å². The van der Waals surface area contributed by atoms with E-state index in [2.05, 4.69) is 24.0 Å². The van der Waals surface area contributed by atoms with Crippen molar-refractivity contribution >= 4 is 23.1 Å². The van der Waals surface area contributed by atoms with Gasteiger partial charge in [0, 0.05) is 5.39 Å². The van der Waals surface area contributed by atoms with E-state index in [4.69, 9.17) is 0 Å². The number of aromatic nitrogens is 1. The first-order valence-corrected chi connectivity index (χ1v) is 6.56. The van der Waals surface area contributed by atoms with Crippen LogP contribution in [0.25, 0.3) is 23.1 Å². The predicted octanol–water partition coefficient (Wildman–Crippen LogP) is 4.42. The molecule has 0 aliphatic heterocycles. The molecule has 0 bridgehead atoms. The van der Waals surface area contributed by atoms with Gasteiger partial charge < -0.3 is 5.11 Å². The highest BCUT2D eigenvalue weighted by Gasteiger charge is 2.01. The second kappa shape index (κ2) is 5.17. The summed E-state index contributed by atoms with van der Waals surface area (Å²) in [4.78, 5) is 4.48. The normalized spacial score (nSPS) is 11.2. The Labute approximate surface area is 118 Å². The number of benzene rings is 2. The van der Waals surface area contributed by atoms with Gasteiger partial charge in [-0.05, 0) is 36.3 Å². The Morgan fingerprint density at radius 2 is 1.75 bits per heavy atom. The van der Waals surface area contributed by atoms with Gasteiger partial charge in [-0.25, -0.2) is 4.98 Å². The van der Waals surface area contributed by atoms with Crippen LogP contribution in [0.2, 0.25) is 0 Å². The third kappa shape index (κ3) is 2.41. The number of phenols is 1. The Morgan fingerprint density at radius 3 is 2.60 bits per heavy atom. The van der Waals surface area contributed by atoms with Gasteiger partial charge >= 0.3 is 0 Å². The van der Waals surface area contributed by atoms with Gasteiger partial charge in [0.1, 0.15) is 11.3 Å². The lowest BCUT2D eigenvalue weighted by Crippen LogP contribution is -1.84. The molecule has 20 heavy (non-hydrogen) atoms. The van der Waals surface area contributed by atoms with Crippen LogP contribution in [-0.2, 0) is 0 Å². The molecule has 0 aliphatic carbocycles. The molecular formula is C18H15NO. The monoisotopic (exact) mass is 261 g/mol. The van der Waals surface area contributed by atoms with Gasteiger partial charge in [-0.3, -0.25) is 0 Å². The minimum absolute atomic E-state index is 0.216. The van der Waals surface area contributed by atoms with Crippen molar-refractivity contribution in [3.8, 4) is 5.75 Å². The molecule has 0 aliphatic rings. The molecule has 2 heteroatoms. The summed E-state index contributed by atoms with van der Waals surface area (Å²) in [7, 11) is 0. The highest BCUT2D eigenvalue weighted by atomic mass is 16.3. The zero-order chi connectivity index (χ0) is 13.9. The van der Waals surface area contributed by atoms with Gasteiger partial charge in [0.25, 0.3) is 0 Å². The van der Waals surface area contributed by atoms with E-state index in [1.807, 2.05) is 48.6 Å². The molecule has 0 amide bonds. The molecule has 1 heterocycles. The van der Waals surface area contributed by atoms with Crippen molar-refractivity contribution in [3.05, 3.63) is 71.4 Å². The van der Waals surface area contributed by atoms with E-state index in [9.17, 15) is 5.11 Å². The van der Waals surface area contributed by atoms with E-state index in [0.29, 0.717) is 5.52 Å². The Hall–Kier alpha value is -2.61. The SMILES string of the molecule is Cc1ccccc1C=Cc1ccc2cccc(O)c2n1. The van der Waals surface area contributed by atoms with E-state index in [0.717, 1.165) is 11.1 Å². The van der Waals surface area contributed by atoms with Crippen LogP contribution in [0.15, 0.2) is 54.6 Å². The summed E-state index contributed by atoms with van der Waals surface area (Å²) in [6.07, 6.45) is 4.01. The highest BCUT2D eigenvalue weighted by molar-refractivity contribution is 5.85. The van der Waals surface area contributed by atoms with Crippen molar-refractivity contribution < 1.29 is 5.11 Å². The first kappa shape index (κ1) is 12.4. The summed E-state index contributed by atoms with van der Waals surface area (Å²) in [5.41, 5.74) is 3.88. The average Bonchev–Trinajstić information content (AvgIpc) is 2.47. The van der Waals surface area contributed by atoms with E-state index >= 15 is 0 Å². The number of para-hydroxylation sites is 1. The standard InChI is InChI=1S/C18H15NO/c1-13-5-2-3-6-14(13)9-11-16-12-10-15-7-4-8-17(20)18(15)19-16/h2-12,20H,1H3. The molecule has 0 saturated carbocycles. The van der Waals surface area contributed by atoms with Crippen molar-refractivity contribution in [1.82, 2.24) is 4.98 Å². The largest absolute Gasteiger partial charge is 0.506 e. The summed E-state index contributed by atoms with van der Waals surface area (Å²) in [5.74, 6) is 0.216. The van der Waals surface area contributed by atoms with Gasteiger partial charge in [0.2, 0.25) is 0 Å². The molecule has 0 unspecified atom stereocenters. The number of aromatic hydroxyl groups is 1. The fourth-order valence-electron chi connectivity index (χ4n) is 2.19. The van der Waals surface area contributed by atoms with Gasteiger partial charge in [0.15, 0.2) is 0 Å². The summed E-state index contributed by atoms with van der Waals surface area (Å²) < 4.78 is 0. The fourth-order valence-corrected chi connectivity index (χ4v) is 2.19. The van der Waals surface area contributed by atoms with Crippen molar-refractivity contribution in [2.45, 2.75) is 6.92 Å². The Morgan fingerprint density at radius 1 is 0.900 bits per heavy atom. The molecule has 0 radical (unpaired) electrons. The van der Waals surface area contributed by atoms with Crippen LogP contribution in [0, 0.1) is 6.92 Å². The smallest absolute Gasteiger partial charge is 0.141 e. The maximum absolute atomic E-state index is 9.84. The summed E-state index contributed by atoms with van der Waals surface area (Å²) in [5, 5.41) is 10.8. The van der Waals surface area contributed by atoms with Gasteiger partial charge in [-0.2, -0.15) is 0 Å². The lowest BCUT2D eigenvalue weighted by Gasteiger charge is -2.02. The second-order valence-corrected chi connectivity index (χ2v) is 4.77. The van der Waals surface area contributed by atoms with Crippen LogP contribution in [0.5, 0.6) is 5.75 Å². The Kier molecular flexibility index (Phi) is 3.21. The third-order valence-corrected chi connectivity index (χ3v) is 3.34. The molecule has 2 aromatic carbocycles. The topological polar surface area (TPSA) is 33.1 Å². The molecule has 98 valence electrons. The van der Waals surface area contributed by atoms with Crippen molar-refractivity contribution in [2.24, 2.45) is 0 Å². The average molecular weight is 261 g/mol. The third-order valence-electron chi connectivity index (χ3n) is 3.34. The molecule has 1 N–H and O–H groups in total. The Balaban J connectivity index is 1.99. The highest BCUT2D eigenvalue weighted by Crippen LogP contribution is 2.23. The quantitative estimate of drug-likeness (QED) is 0.740. The minimum Gasteiger partial charge on any atom is -0.506 e. The molecule has 0 spiro atoms. The van der Waals surface area contributed by atoms with Crippen LogP contribution in [0.3, 0.4) is 0 Å². The molecule has 0 fully saturated rings. The number of nitrogens with zero attached hydrogens (tertiary/aromatic N) is 1. The molecule has 2 nitrogen and oxygen atoms in total. The van der Waals surface area contributed by atoms with Crippen LogP contribution >= 0.6 is 0 Å². The summed E-state index contributed by atoms with van der Waals surface area (Å²) in [6.45, 7) is 2.08. The van der Waals surface area contributed by atoms with Crippen molar-refractivity contribution in [3.63, 3.8) is 0 Å². The summed E-state index contributed by atoms with van der Waals surface area (Å²) >= 11 is 0. The van der Waals surface area contributed by atoms with Gasteiger partial charge in [-0.15, -0.1) is 0 Å². The maximum atomic E-state index is 9.84. The van der Waals surface area contributed by atoms with E-state index in [1.165, 1.54) is 11.1 Å². The zero-order valence-electron chi connectivity index (χ0n) is 11.2. The molecule has 3 rings (SSSR count). The summed E-state index contributed by atoms with van der Waals surface area (Å²) in [6, 6.07) is 17.5. The van der Waals surface area contributed by atoms with Crippen LogP contribution in [-0.4, -0.2) is 10.1 Å². The van der Waals surface area contributed by atoms with E-state index < -0.39 is 0 Å². The number of hydrogen-bond acceptors (Lipinski definition) is 2. The molecule has 3 aromatic rings. The number of rotatable bonds is 2. The van der Waals surface area contributed by atoms with Crippen molar-refractivity contribution in [1.29, 1.82) is 0 Å². The number of aryl methyl sites for hydroxylation is 1. The lowest BCUT2D eigenvalue weighted by atomic mass is 10.1. The zero-order valence-corrected chi connectivity index (χ0v) is 11.2. The van der Waals surface area contributed by atoms with Crippen LogP contribution < -0.4 is 0 Å². The van der Waals surface area contributed by atoms with Crippen LogP contribution in [0.1, 0.15) is 16.8 Å². The van der Waals surface area contributed by atoms with Gasteiger partial charge in [0.05, 0.1) is 5.69 Å². The number of phenolic OH excluding ortho intramolecular Hbond substituents is 1. The number of pyridine rings is 1. The lowest BCUT2D eigenvalue weighted by molar-refractivity contribution is 0.480. The molecular weight excluding hydrogens is 246 g/mol. The van der Waals surface area contributed by atoms with Gasteiger partial charge in [-0.1, -0.05) is 48.5 Å². The molecule has 0 saturated heterocycles. The first-order valence-electron chi connectivity index (χ1n) is 6.56. The van der Waals surface area contributed by atoms with Crippen LogP contribution in [0.4, 0.5) is 0 Å². The predicted molar refractivity (Wildman–Crippen MR) is 83.5 cm³/mol. The van der Waals surface area contributed by atoms with E-state index in [-0.39, 0.29) is 5.75 Å². The second-order valence-electron chi connectivity index (χ2n) is 4.77. The fraction of sp³-hybridized carbons (Fsp3) is 0.0556. The Bertz CT molecular complexity index is 790. The maximum Gasteiger partial charge on any atom is 0.141 e.